The number of rotatable bonds is 4. The predicted molar refractivity (Wildman–Crippen MR) is 80.7 cm³/mol. The van der Waals surface area contributed by atoms with Crippen molar-refractivity contribution in [3.05, 3.63) is 65.0 Å². The van der Waals surface area contributed by atoms with Crippen molar-refractivity contribution >= 4 is 0 Å². The maximum Gasteiger partial charge on any atom is 0.121 e. The molecular formula is C18H21NO. The number of aliphatic hydroxyl groups is 1. The van der Waals surface area contributed by atoms with Crippen LogP contribution in [0.1, 0.15) is 60.6 Å². The van der Waals surface area contributed by atoms with E-state index < -0.39 is 6.10 Å². The van der Waals surface area contributed by atoms with Crippen LogP contribution in [0.2, 0.25) is 0 Å². The van der Waals surface area contributed by atoms with Crippen molar-refractivity contribution in [2.24, 2.45) is 0 Å². The van der Waals surface area contributed by atoms with E-state index in [1.54, 1.807) is 6.20 Å². The van der Waals surface area contributed by atoms with Gasteiger partial charge in [0.1, 0.15) is 6.10 Å². The number of aromatic nitrogens is 1. The summed E-state index contributed by atoms with van der Waals surface area (Å²) in [5.74, 6) is 0.738. The minimum atomic E-state index is -0.624. The van der Waals surface area contributed by atoms with Crippen LogP contribution < -0.4 is 0 Å². The van der Waals surface area contributed by atoms with Crippen LogP contribution in [0.15, 0.2) is 42.6 Å². The zero-order chi connectivity index (χ0) is 13.9. The second-order valence-electron chi connectivity index (χ2n) is 5.60. The molecule has 20 heavy (non-hydrogen) atoms. The molecule has 3 rings (SSSR count). The summed E-state index contributed by atoms with van der Waals surface area (Å²) in [6.07, 6.45) is 5.98. The molecule has 0 spiro atoms. The highest BCUT2D eigenvalue weighted by molar-refractivity contribution is 5.34. The van der Waals surface area contributed by atoms with Gasteiger partial charge in [0.25, 0.3) is 0 Å². The van der Waals surface area contributed by atoms with Crippen molar-refractivity contribution in [2.75, 3.05) is 0 Å². The lowest BCUT2D eigenvalue weighted by Crippen LogP contribution is -2.09. The molecule has 0 amide bonds. The largest absolute Gasteiger partial charge is 0.382 e. The smallest absolute Gasteiger partial charge is 0.121 e. The quantitative estimate of drug-likeness (QED) is 0.908. The van der Waals surface area contributed by atoms with Gasteiger partial charge in [0.2, 0.25) is 0 Å². The summed E-state index contributed by atoms with van der Waals surface area (Å²) in [4.78, 5) is 4.36. The van der Waals surface area contributed by atoms with Crippen LogP contribution in [0.25, 0.3) is 0 Å². The highest BCUT2D eigenvalue weighted by Crippen LogP contribution is 2.36. The predicted octanol–water partition coefficient (Wildman–Crippen LogP) is 3.99. The summed E-state index contributed by atoms with van der Waals surface area (Å²) in [5.41, 5.74) is 4.24. The molecule has 0 bridgehead atoms. The Balaban J connectivity index is 1.84. The third-order valence-electron chi connectivity index (χ3n) is 4.39. The lowest BCUT2D eigenvalue weighted by molar-refractivity contribution is 0.214. The van der Waals surface area contributed by atoms with Crippen molar-refractivity contribution < 1.29 is 5.11 Å². The molecule has 1 aliphatic rings. The summed E-state index contributed by atoms with van der Waals surface area (Å²) in [6, 6.07) is 12.4. The number of hydrogen-bond acceptors (Lipinski definition) is 2. The third-order valence-corrected chi connectivity index (χ3v) is 4.39. The summed E-state index contributed by atoms with van der Waals surface area (Å²) < 4.78 is 0. The van der Waals surface area contributed by atoms with Gasteiger partial charge in [-0.05, 0) is 47.9 Å². The molecule has 1 aromatic carbocycles. The first-order valence-electron chi connectivity index (χ1n) is 7.51. The van der Waals surface area contributed by atoms with Gasteiger partial charge in [-0.15, -0.1) is 0 Å². The Labute approximate surface area is 120 Å². The van der Waals surface area contributed by atoms with E-state index in [4.69, 9.17) is 0 Å². The summed E-state index contributed by atoms with van der Waals surface area (Å²) >= 11 is 0. The molecule has 1 heterocycles. The fourth-order valence-electron chi connectivity index (χ4n) is 2.85. The SMILES string of the molecule is CCc1cccnc1C(O)c1ccc(C2CCC2)cc1. The van der Waals surface area contributed by atoms with Crippen LogP contribution >= 0.6 is 0 Å². The Morgan fingerprint density at radius 1 is 1.20 bits per heavy atom. The molecule has 0 radical (unpaired) electrons. The Bertz CT molecular complexity index is 572. The Hall–Kier alpha value is -1.67. The van der Waals surface area contributed by atoms with E-state index in [1.165, 1.54) is 24.8 Å². The Morgan fingerprint density at radius 3 is 2.55 bits per heavy atom. The molecule has 1 atom stereocenters. The van der Waals surface area contributed by atoms with E-state index in [0.717, 1.165) is 29.2 Å². The van der Waals surface area contributed by atoms with Gasteiger partial charge in [0.15, 0.2) is 0 Å². The average Bonchev–Trinajstić information content (AvgIpc) is 2.45. The standard InChI is InChI=1S/C18H21NO/c1-2-13-7-4-12-19-17(13)18(20)16-10-8-15(9-11-16)14-5-3-6-14/h4,7-12,14,18,20H,2-3,5-6H2,1H3. The number of nitrogens with zero attached hydrogens (tertiary/aromatic N) is 1. The zero-order valence-electron chi connectivity index (χ0n) is 11.9. The van der Waals surface area contributed by atoms with E-state index in [0.29, 0.717) is 0 Å². The molecular weight excluding hydrogens is 246 g/mol. The van der Waals surface area contributed by atoms with E-state index >= 15 is 0 Å². The molecule has 2 heteroatoms. The molecule has 1 N–H and O–H groups in total. The number of benzene rings is 1. The van der Waals surface area contributed by atoms with Gasteiger partial charge < -0.3 is 5.11 Å². The monoisotopic (exact) mass is 267 g/mol. The topological polar surface area (TPSA) is 33.1 Å². The van der Waals surface area contributed by atoms with Gasteiger partial charge in [-0.25, -0.2) is 0 Å². The first-order valence-corrected chi connectivity index (χ1v) is 7.51. The van der Waals surface area contributed by atoms with Crippen LogP contribution in [0.5, 0.6) is 0 Å². The molecule has 1 saturated carbocycles. The van der Waals surface area contributed by atoms with Crippen molar-refractivity contribution in [2.45, 2.75) is 44.6 Å². The Morgan fingerprint density at radius 2 is 1.95 bits per heavy atom. The van der Waals surface area contributed by atoms with Gasteiger partial charge in [0, 0.05) is 6.20 Å². The molecule has 1 fully saturated rings. The van der Waals surface area contributed by atoms with E-state index in [-0.39, 0.29) is 0 Å². The molecule has 2 aromatic rings. The van der Waals surface area contributed by atoms with Crippen molar-refractivity contribution in [1.29, 1.82) is 0 Å². The molecule has 104 valence electrons. The summed E-state index contributed by atoms with van der Waals surface area (Å²) in [7, 11) is 0. The number of aryl methyl sites for hydroxylation is 1. The molecule has 2 nitrogen and oxygen atoms in total. The lowest BCUT2D eigenvalue weighted by Gasteiger charge is -2.26. The number of aliphatic hydroxyl groups excluding tert-OH is 1. The minimum absolute atomic E-state index is 0.624. The van der Waals surface area contributed by atoms with Crippen LogP contribution in [0.4, 0.5) is 0 Å². The Kier molecular flexibility index (Phi) is 3.83. The zero-order valence-corrected chi connectivity index (χ0v) is 11.9. The van der Waals surface area contributed by atoms with Crippen LogP contribution in [-0.2, 0) is 6.42 Å². The second-order valence-corrected chi connectivity index (χ2v) is 5.60. The third kappa shape index (κ3) is 2.48. The van der Waals surface area contributed by atoms with E-state index in [9.17, 15) is 5.11 Å². The molecule has 1 aliphatic carbocycles. The van der Waals surface area contributed by atoms with Crippen LogP contribution in [0, 0.1) is 0 Å². The molecule has 1 unspecified atom stereocenters. The van der Waals surface area contributed by atoms with Gasteiger partial charge in [-0.3, -0.25) is 4.98 Å². The highest BCUT2D eigenvalue weighted by Gasteiger charge is 2.20. The van der Waals surface area contributed by atoms with Crippen LogP contribution in [-0.4, -0.2) is 10.1 Å². The highest BCUT2D eigenvalue weighted by atomic mass is 16.3. The maximum absolute atomic E-state index is 10.5. The molecule has 0 saturated heterocycles. The van der Waals surface area contributed by atoms with Crippen molar-refractivity contribution in [1.82, 2.24) is 4.98 Å². The lowest BCUT2D eigenvalue weighted by atomic mass is 9.80. The minimum Gasteiger partial charge on any atom is -0.382 e. The fraction of sp³-hybridized carbons (Fsp3) is 0.389. The van der Waals surface area contributed by atoms with E-state index in [2.05, 4.69) is 24.0 Å². The molecule has 1 aromatic heterocycles. The summed E-state index contributed by atoms with van der Waals surface area (Å²) in [6.45, 7) is 2.09. The van der Waals surface area contributed by atoms with Crippen molar-refractivity contribution in [3.8, 4) is 0 Å². The maximum atomic E-state index is 10.5. The number of hydrogen-bond donors (Lipinski definition) is 1. The van der Waals surface area contributed by atoms with Crippen molar-refractivity contribution in [3.63, 3.8) is 0 Å². The number of pyridine rings is 1. The van der Waals surface area contributed by atoms with Gasteiger partial charge >= 0.3 is 0 Å². The van der Waals surface area contributed by atoms with Gasteiger partial charge in [-0.1, -0.05) is 43.7 Å². The van der Waals surface area contributed by atoms with Gasteiger partial charge in [-0.2, -0.15) is 0 Å². The van der Waals surface area contributed by atoms with Crippen LogP contribution in [0.3, 0.4) is 0 Å². The van der Waals surface area contributed by atoms with E-state index in [1.807, 2.05) is 24.3 Å². The first-order chi connectivity index (χ1) is 9.79. The second kappa shape index (κ2) is 5.76. The summed E-state index contributed by atoms with van der Waals surface area (Å²) in [5, 5.41) is 10.5. The fourth-order valence-corrected chi connectivity index (χ4v) is 2.85. The normalized spacial score (nSPS) is 16.7. The van der Waals surface area contributed by atoms with Gasteiger partial charge in [0.05, 0.1) is 5.69 Å². The molecule has 0 aliphatic heterocycles. The first kappa shape index (κ1) is 13.3. The average molecular weight is 267 g/mol.